The monoisotopic (exact) mass is 273 g/mol. The third-order valence-electron chi connectivity index (χ3n) is 2.82. The highest BCUT2D eigenvalue weighted by molar-refractivity contribution is 9.10. The second-order valence-electron chi connectivity index (χ2n) is 4.28. The SMILES string of the molecule is CC(C)C(N)C(C)c1ccc(F)c(Br)c1. The summed E-state index contributed by atoms with van der Waals surface area (Å²) in [5.41, 5.74) is 7.14. The maximum absolute atomic E-state index is 13.0. The zero-order valence-corrected chi connectivity index (χ0v) is 10.9. The van der Waals surface area contributed by atoms with E-state index < -0.39 is 0 Å². The minimum absolute atomic E-state index is 0.0994. The van der Waals surface area contributed by atoms with Gasteiger partial charge in [0.2, 0.25) is 0 Å². The summed E-state index contributed by atoms with van der Waals surface area (Å²) in [6.45, 7) is 6.27. The third kappa shape index (κ3) is 3.02. The van der Waals surface area contributed by atoms with Crippen LogP contribution in [-0.2, 0) is 0 Å². The van der Waals surface area contributed by atoms with E-state index in [1.54, 1.807) is 6.07 Å². The number of rotatable bonds is 3. The van der Waals surface area contributed by atoms with Crippen molar-refractivity contribution >= 4 is 15.9 Å². The molecule has 1 nitrogen and oxygen atoms in total. The van der Waals surface area contributed by atoms with Crippen LogP contribution in [0.2, 0.25) is 0 Å². The molecule has 2 N–H and O–H groups in total. The molecule has 0 saturated heterocycles. The lowest BCUT2D eigenvalue weighted by Crippen LogP contribution is -2.32. The van der Waals surface area contributed by atoms with Gasteiger partial charge in [-0.05, 0) is 45.5 Å². The Balaban J connectivity index is 2.91. The Kier molecular flexibility index (Phi) is 4.29. The van der Waals surface area contributed by atoms with E-state index >= 15 is 0 Å². The highest BCUT2D eigenvalue weighted by atomic mass is 79.9. The average molecular weight is 274 g/mol. The van der Waals surface area contributed by atoms with Crippen LogP contribution in [0.25, 0.3) is 0 Å². The molecule has 0 amide bonds. The Hall–Kier alpha value is -0.410. The summed E-state index contributed by atoms with van der Waals surface area (Å²) in [5, 5.41) is 0. The first kappa shape index (κ1) is 12.7. The zero-order chi connectivity index (χ0) is 11.6. The van der Waals surface area contributed by atoms with Gasteiger partial charge < -0.3 is 5.73 Å². The van der Waals surface area contributed by atoms with Gasteiger partial charge in [-0.2, -0.15) is 0 Å². The van der Waals surface area contributed by atoms with Crippen LogP contribution >= 0.6 is 15.9 Å². The van der Waals surface area contributed by atoms with Crippen LogP contribution in [0, 0.1) is 11.7 Å². The van der Waals surface area contributed by atoms with Crippen LogP contribution in [0.4, 0.5) is 4.39 Å². The van der Waals surface area contributed by atoms with Crippen LogP contribution in [-0.4, -0.2) is 6.04 Å². The van der Waals surface area contributed by atoms with E-state index in [4.69, 9.17) is 5.73 Å². The highest BCUT2D eigenvalue weighted by Crippen LogP contribution is 2.26. The first-order chi connectivity index (χ1) is 6.93. The predicted octanol–water partition coefficient (Wildman–Crippen LogP) is 3.68. The second kappa shape index (κ2) is 5.08. The number of halogens is 2. The molecule has 15 heavy (non-hydrogen) atoms. The van der Waals surface area contributed by atoms with E-state index in [-0.39, 0.29) is 17.8 Å². The molecule has 3 heteroatoms. The summed E-state index contributed by atoms with van der Waals surface area (Å²) in [6, 6.07) is 5.18. The fourth-order valence-corrected chi connectivity index (χ4v) is 1.99. The van der Waals surface area contributed by atoms with Gasteiger partial charge in [0, 0.05) is 6.04 Å². The number of benzene rings is 1. The van der Waals surface area contributed by atoms with Crippen molar-refractivity contribution < 1.29 is 4.39 Å². The van der Waals surface area contributed by atoms with Gasteiger partial charge in [0.05, 0.1) is 4.47 Å². The summed E-state index contributed by atoms with van der Waals surface area (Å²) in [4.78, 5) is 0. The van der Waals surface area contributed by atoms with Gasteiger partial charge in [-0.25, -0.2) is 4.39 Å². The van der Waals surface area contributed by atoms with E-state index in [2.05, 4.69) is 36.7 Å². The Morgan fingerprint density at radius 1 is 1.27 bits per heavy atom. The fraction of sp³-hybridized carbons (Fsp3) is 0.500. The minimum atomic E-state index is -0.232. The number of hydrogen-bond donors (Lipinski definition) is 1. The summed E-state index contributed by atoms with van der Waals surface area (Å²) in [5.74, 6) is 0.426. The molecular formula is C12H17BrFN. The maximum atomic E-state index is 13.0. The molecule has 1 rings (SSSR count). The van der Waals surface area contributed by atoms with Gasteiger partial charge in [0.25, 0.3) is 0 Å². The Bertz CT molecular complexity index is 338. The van der Waals surface area contributed by atoms with Crippen molar-refractivity contribution in [2.75, 3.05) is 0 Å². The summed E-state index contributed by atoms with van der Waals surface area (Å²) in [6.07, 6.45) is 0. The molecule has 0 aliphatic rings. The Labute approximate surface area is 99.0 Å². The molecule has 2 atom stereocenters. The van der Waals surface area contributed by atoms with E-state index in [1.807, 2.05) is 6.07 Å². The van der Waals surface area contributed by atoms with Crippen molar-refractivity contribution in [1.82, 2.24) is 0 Å². The van der Waals surface area contributed by atoms with Crippen molar-refractivity contribution in [3.63, 3.8) is 0 Å². The minimum Gasteiger partial charge on any atom is -0.327 e. The van der Waals surface area contributed by atoms with E-state index in [1.165, 1.54) is 6.07 Å². The first-order valence-electron chi connectivity index (χ1n) is 5.14. The largest absolute Gasteiger partial charge is 0.327 e. The summed E-state index contributed by atoms with van der Waals surface area (Å²) in [7, 11) is 0. The van der Waals surface area contributed by atoms with Gasteiger partial charge in [-0.15, -0.1) is 0 Å². The smallest absolute Gasteiger partial charge is 0.137 e. The van der Waals surface area contributed by atoms with Gasteiger partial charge in [-0.3, -0.25) is 0 Å². The molecule has 1 aromatic carbocycles. The van der Waals surface area contributed by atoms with E-state index in [0.29, 0.717) is 10.4 Å². The molecule has 0 spiro atoms. The van der Waals surface area contributed by atoms with E-state index in [0.717, 1.165) is 5.56 Å². The predicted molar refractivity (Wildman–Crippen MR) is 65.3 cm³/mol. The van der Waals surface area contributed by atoms with Gasteiger partial charge in [0.1, 0.15) is 5.82 Å². The quantitative estimate of drug-likeness (QED) is 0.894. The van der Waals surface area contributed by atoms with Crippen molar-refractivity contribution in [1.29, 1.82) is 0 Å². The maximum Gasteiger partial charge on any atom is 0.137 e. The zero-order valence-electron chi connectivity index (χ0n) is 9.30. The van der Waals surface area contributed by atoms with Crippen LogP contribution in [0.5, 0.6) is 0 Å². The molecule has 2 unspecified atom stereocenters. The summed E-state index contributed by atoms with van der Waals surface area (Å²) < 4.78 is 13.5. The van der Waals surface area contributed by atoms with Crippen LogP contribution in [0.1, 0.15) is 32.3 Å². The van der Waals surface area contributed by atoms with Gasteiger partial charge in [-0.1, -0.05) is 26.8 Å². The topological polar surface area (TPSA) is 26.0 Å². The molecular weight excluding hydrogens is 257 g/mol. The van der Waals surface area contributed by atoms with Gasteiger partial charge >= 0.3 is 0 Å². The molecule has 0 heterocycles. The molecule has 0 aliphatic carbocycles. The fourth-order valence-electron chi connectivity index (χ4n) is 1.60. The van der Waals surface area contributed by atoms with Crippen LogP contribution < -0.4 is 5.73 Å². The second-order valence-corrected chi connectivity index (χ2v) is 5.14. The van der Waals surface area contributed by atoms with Gasteiger partial charge in [0.15, 0.2) is 0 Å². The lowest BCUT2D eigenvalue weighted by atomic mass is 9.87. The standard InChI is InChI=1S/C12H17BrFN/c1-7(2)12(15)8(3)9-4-5-11(14)10(13)6-9/h4-8,12H,15H2,1-3H3. The Morgan fingerprint density at radius 2 is 1.87 bits per heavy atom. The summed E-state index contributed by atoms with van der Waals surface area (Å²) >= 11 is 3.18. The van der Waals surface area contributed by atoms with Crippen LogP contribution in [0.3, 0.4) is 0 Å². The first-order valence-corrected chi connectivity index (χ1v) is 5.93. The molecule has 0 aliphatic heterocycles. The molecule has 1 aromatic rings. The molecule has 0 saturated carbocycles. The molecule has 0 radical (unpaired) electrons. The third-order valence-corrected chi connectivity index (χ3v) is 3.42. The van der Waals surface area contributed by atoms with Crippen molar-refractivity contribution in [2.24, 2.45) is 11.7 Å². The Morgan fingerprint density at radius 3 is 2.33 bits per heavy atom. The molecule has 0 bridgehead atoms. The lowest BCUT2D eigenvalue weighted by molar-refractivity contribution is 0.434. The molecule has 0 aromatic heterocycles. The molecule has 0 fully saturated rings. The van der Waals surface area contributed by atoms with Crippen LogP contribution in [0.15, 0.2) is 22.7 Å². The van der Waals surface area contributed by atoms with E-state index in [9.17, 15) is 4.39 Å². The molecule has 84 valence electrons. The lowest BCUT2D eigenvalue weighted by Gasteiger charge is -2.23. The number of hydrogen-bond acceptors (Lipinski definition) is 1. The van der Waals surface area contributed by atoms with Crippen molar-refractivity contribution in [3.05, 3.63) is 34.1 Å². The van der Waals surface area contributed by atoms with Crippen molar-refractivity contribution in [3.8, 4) is 0 Å². The number of nitrogens with two attached hydrogens (primary N) is 1. The average Bonchev–Trinajstić information content (AvgIpc) is 2.19. The van der Waals surface area contributed by atoms with Crippen molar-refractivity contribution in [2.45, 2.75) is 32.7 Å². The highest BCUT2D eigenvalue weighted by Gasteiger charge is 2.18. The normalized spacial score (nSPS) is 15.4.